The van der Waals surface area contributed by atoms with Crippen molar-refractivity contribution in [3.8, 4) is 22.6 Å². The molecule has 1 aliphatic rings. The zero-order chi connectivity index (χ0) is 32.1. The molecule has 4 aromatic rings. The summed E-state index contributed by atoms with van der Waals surface area (Å²) in [5, 5.41) is 13.8. The van der Waals surface area contributed by atoms with Crippen LogP contribution in [0.15, 0.2) is 91.0 Å². The van der Waals surface area contributed by atoms with Crippen LogP contribution >= 0.6 is 0 Å². The Bertz CT molecular complexity index is 1700. The number of alkyl halides is 3. The highest BCUT2D eigenvalue weighted by Gasteiger charge is 2.31. The van der Waals surface area contributed by atoms with Crippen LogP contribution < -0.4 is 14.8 Å². The molecule has 0 spiro atoms. The van der Waals surface area contributed by atoms with Gasteiger partial charge in [0.1, 0.15) is 17.6 Å². The van der Waals surface area contributed by atoms with Gasteiger partial charge in [-0.25, -0.2) is 0 Å². The molecule has 5 rings (SSSR count). The van der Waals surface area contributed by atoms with Crippen molar-refractivity contribution in [2.75, 3.05) is 18.4 Å². The number of carbonyl (C=O) groups excluding carboxylic acids is 2. The Morgan fingerprint density at radius 1 is 0.911 bits per heavy atom. The van der Waals surface area contributed by atoms with E-state index in [1.165, 1.54) is 48.5 Å². The maximum absolute atomic E-state index is 13.4. The molecule has 1 fully saturated rings. The van der Waals surface area contributed by atoms with E-state index in [4.69, 9.17) is 4.74 Å². The second-order valence-corrected chi connectivity index (χ2v) is 10.5. The molecule has 0 aliphatic carbocycles. The number of nitro groups is 1. The molecule has 4 aromatic carbocycles. The van der Waals surface area contributed by atoms with E-state index in [0.717, 1.165) is 5.56 Å². The molecular formula is C33H28F3N3O6. The molecule has 0 aromatic heterocycles. The SMILES string of the molecule is Cc1cccc(C(=O)Nc2cccc(OC3CCN(C(=O)c4ccc([N+](=O)[O-])cc4)CC3)c2)c1-c1ccc(OC(F)(F)F)cc1. The predicted octanol–water partition coefficient (Wildman–Crippen LogP) is 7.40. The maximum Gasteiger partial charge on any atom is 0.573 e. The number of carbonyl (C=O) groups is 2. The molecule has 45 heavy (non-hydrogen) atoms. The minimum Gasteiger partial charge on any atom is -0.490 e. The number of non-ortho nitro benzene ring substituents is 1. The highest BCUT2D eigenvalue weighted by molar-refractivity contribution is 6.09. The Hall–Kier alpha value is -5.39. The van der Waals surface area contributed by atoms with Crippen LogP contribution in [0.3, 0.4) is 0 Å². The third-order valence-electron chi connectivity index (χ3n) is 7.34. The molecule has 2 amide bonds. The Labute approximate surface area is 256 Å². The van der Waals surface area contributed by atoms with Gasteiger partial charge in [-0.1, -0.05) is 30.3 Å². The lowest BCUT2D eigenvalue weighted by Crippen LogP contribution is -2.41. The number of nitrogens with one attached hydrogen (secondary N) is 1. The first-order valence-electron chi connectivity index (χ1n) is 14.0. The Morgan fingerprint density at radius 2 is 1.58 bits per heavy atom. The molecule has 12 heteroatoms. The summed E-state index contributed by atoms with van der Waals surface area (Å²) in [5.41, 5.74) is 3.04. The van der Waals surface area contributed by atoms with Gasteiger partial charge in [-0.05, 0) is 66.1 Å². The van der Waals surface area contributed by atoms with E-state index in [1.54, 1.807) is 41.3 Å². The van der Waals surface area contributed by atoms with Crippen LogP contribution in [-0.2, 0) is 0 Å². The van der Waals surface area contributed by atoms with E-state index in [-0.39, 0.29) is 23.4 Å². The highest BCUT2D eigenvalue weighted by atomic mass is 19.4. The molecule has 1 aliphatic heterocycles. The highest BCUT2D eigenvalue weighted by Crippen LogP contribution is 2.32. The molecule has 232 valence electrons. The van der Waals surface area contributed by atoms with Gasteiger partial charge in [0.2, 0.25) is 0 Å². The molecule has 0 saturated carbocycles. The van der Waals surface area contributed by atoms with Gasteiger partial charge in [-0.15, -0.1) is 13.2 Å². The van der Waals surface area contributed by atoms with E-state index in [9.17, 15) is 32.9 Å². The van der Waals surface area contributed by atoms with E-state index < -0.39 is 17.2 Å². The second-order valence-electron chi connectivity index (χ2n) is 10.5. The van der Waals surface area contributed by atoms with E-state index in [0.29, 0.717) is 59.6 Å². The van der Waals surface area contributed by atoms with Crippen molar-refractivity contribution in [1.29, 1.82) is 0 Å². The fourth-order valence-corrected chi connectivity index (χ4v) is 5.19. The Kier molecular flexibility index (Phi) is 9.03. The first kappa shape index (κ1) is 31.0. The molecule has 0 atom stereocenters. The summed E-state index contributed by atoms with van der Waals surface area (Å²) in [6, 6.07) is 23.0. The van der Waals surface area contributed by atoms with Crippen molar-refractivity contribution >= 4 is 23.2 Å². The van der Waals surface area contributed by atoms with Gasteiger partial charge in [0, 0.05) is 60.9 Å². The molecule has 0 bridgehead atoms. The van der Waals surface area contributed by atoms with Crippen molar-refractivity contribution in [3.63, 3.8) is 0 Å². The Morgan fingerprint density at radius 3 is 2.22 bits per heavy atom. The van der Waals surface area contributed by atoms with Crippen LogP contribution in [0.25, 0.3) is 11.1 Å². The Balaban J connectivity index is 1.21. The van der Waals surface area contributed by atoms with Gasteiger partial charge in [0.25, 0.3) is 17.5 Å². The largest absolute Gasteiger partial charge is 0.573 e. The van der Waals surface area contributed by atoms with Gasteiger partial charge in [-0.3, -0.25) is 19.7 Å². The third-order valence-corrected chi connectivity index (χ3v) is 7.34. The summed E-state index contributed by atoms with van der Waals surface area (Å²) in [5.74, 6) is -0.421. The summed E-state index contributed by atoms with van der Waals surface area (Å²) >= 11 is 0. The number of rotatable bonds is 8. The van der Waals surface area contributed by atoms with Crippen LogP contribution in [0.2, 0.25) is 0 Å². The van der Waals surface area contributed by atoms with E-state index in [2.05, 4.69) is 10.1 Å². The van der Waals surface area contributed by atoms with Crippen LogP contribution in [0.5, 0.6) is 11.5 Å². The van der Waals surface area contributed by atoms with Crippen LogP contribution in [-0.4, -0.2) is 47.2 Å². The summed E-state index contributed by atoms with van der Waals surface area (Å²) < 4.78 is 47.9. The third kappa shape index (κ3) is 7.77. The number of piperidine rings is 1. The topological polar surface area (TPSA) is 111 Å². The second kappa shape index (κ2) is 13.1. The first-order valence-corrected chi connectivity index (χ1v) is 14.0. The fraction of sp³-hybridized carbons (Fsp3) is 0.212. The number of nitrogens with zero attached hydrogens (tertiary/aromatic N) is 2. The number of hydrogen-bond acceptors (Lipinski definition) is 6. The standard InChI is InChI=1S/C33H28F3N3O6/c1-21-4-2-7-29(30(21)22-10-14-27(15-11-22)45-33(34,35)36)31(40)37-24-5-3-6-28(20-24)44-26-16-18-38(19-17-26)32(41)23-8-12-25(13-9-23)39(42)43/h2-15,20,26H,16-19H2,1H3,(H,37,40). The van der Waals surface area contributed by atoms with Gasteiger partial charge >= 0.3 is 6.36 Å². The zero-order valence-corrected chi connectivity index (χ0v) is 24.0. The summed E-state index contributed by atoms with van der Waals surface area (Å²) in [4.78, 5) is 38.3. The summed E-state index contributed by atoms with van der Waals surface area (Å²) in [6.45, 7) is 2.72. The van der Waals surface area contributed by atoms with Crippen molar-refractivity contribution in [2.45, 2.75) is 32.2 Å². The minimum absolute atomic E-state index is 0.0791. The lowest BCUT2D eigenvalue weighted by molar-refractivity contribution is -0.384. The number of benzene rings is 4. The average molecular weight is 620 g/mol. The van der Waals surface area contributed by atoms with Gasteiger partial charge in [0.15, 0.2) is 0 Å². The van der Waals surface area contributed by atoms with Gasteiger partial charge < -0.3 is 19.7 Å². The number of hydrogen-bond donors (Lipinski definition) is 1. The molecule has 1 heterocycles. The fourth-order valence-electron chi connectivity index (χ4n) is 5.19. The monoisotopic (exact) mass is 619 g/mol. The minimum atomic E-state index is -4.80. The van der Waals surface area contributed by atoms with Crippen molar-refractivity contribution in [2.24, 2.45) is 0 Å². The van der Waals surface area contributed by atoms with Crippen molar-refractivity contribution in [1.82, 2.24) is 4.90 Å². The first-order chi connectivity index (χ1) is 21.5. The molecule has 9 nitrogen and oxygen atoms in total. The van der Waals surface area contributed by atoms with Crippen molar-refractivity contribution in [3.05, 3.63) is 118 Å². The number of amides is 2. The van der Waals surface area contributed by atoms with E-state index >= 15 is 0 Å². The van der Waals surface area contributed by atoms with Gasteiger partial charge in [-0.2, -0.15) is 0 Å². The number of likely N-dealkylation sites (tertiary alicyclic amines) is 1. The normalized spacial score (nSPS) is 13.6. The van der Waals surface area contributed by atoms with Crippen LogP contribution in [0, 0.1) is 17.0 Å². The quantitative estimate of drug-likeness (QED) is 0.163. The number of aryl methyl sites for hydroxylation is 1. The summed E-state index contributed by atoms with van der Waals surface area (Å²) in [7, 11) is 0. The number of anilines is 1. The number of halogens is 3. The van der Waals surface area contributed by atoms with E-state index in [1.807, 2.05) is 13.0 Å². The molecule has 0 unspecified atom stereocenters. The molecule has 0 radical (unpaired) electrons. The maximum atomic E-state index is 13.4. The average Bonchev–Trinajstić information content (AvgIpc) is 3.01. The lowest BCUT2D eigenvalue weighted by atomic mass is 9.94. The molecular weight excluding hydrogens is 591 g/mol. The number of nitro benzene ring substituents is 1. The molecule has 1 saturated heterocycles. The summed E-state index contributed by atoms with van der Waals surface area (Å²) in [6.07, 6.45) is -3.81. The number of ether oxygens (including phenoxy) is 2. The smallest absolute Gasteiger partial charge is 0.490 e. The lowest BCUT2D eigenvalue weighted by Gasteiger charge is -2.32. The van der Waals surface area contributed by atoms with Crippen molar-refractivity contribution < 1.29 is 37.2 Å². The zero-order valence-electron chi connectivity index (χ0n) is 24.0. The molecule has 1 N–H and O–H groups in total. The van der Waals surface area contributed by atoms with Crippen LogP contribution in [0.1, 0.15) is 39.1 Å². The predicted molar refractivity (Wildman–Crippen MR) is 160 cm³/mol. The van der Waals surface area contributed by atoms with Crippen LogP contribution in [0.4, 0.5) is 24.5 Å². The van der Waals surface area contributed by atoms with Gasteiger partial charge in [0.05, 0.1) is 4.92 Å².